The first-order valence-electron chi connectivity index (χ1n) is 9.51. The van der Waals surface area contributed by atoms with Gasteiger partial charge in [-0.2, -0.15) is 0 Å². The van der Waals surface area contributed by atoms with Gasteiger partial charge in [-0.1, -0.05) is 26.0 Å². The number of rotatable bonds is 5. The molecule has 1 saturated heterocycles. The number of likely N-dealkylation sites (N-methyl/N-ethyl adjacent to an activating group) is 1. The van der Waals surface area contributed by atoms with Crippen molar-refractivity contribution in [1.82, 2.24) is 9.62 Å². The van der Waals surface area contributed by atoms with Crippen LogP contribution in [0.3, 0.4) is 0 Å². The van der Waals surface area contributed by atoms with Crippen LogP contribution in [-0.4, -0.2) is 58.1 Å². The van der Waals surface area contributed by atoms with E-state index in [0.29, 0.717) is 12.3 Å². The fourth-order valence-electron chi connectivity index (χ4n) is 3.04. The summed E-state index contributed by atoms with van der Waals surface area (Å²) in [5, 5.41) is 0. The van der Waals surface area contributed by atoms with E-state index in [4.69, 9.17) is 9.31 Å². The maximum atomic E-state index is 13.0. The van der Waals surface area contributed by atoms with Crippen molar-refractivity contribution in [2.75, 3.05) is 20.1 Å². The minimum atomic E-state index is -3.95. The Labute approximate surface area is 173 Å². The van der Waals surface area contributed by atoms with Gasteiger partial charge in [0.1, 0.15) is 0 Å². The summed E-state index contributed by atoms with van der Waals surface area (Å²) in [5.74, 6) is -0.883. The highest BCUT2D eigenvalue weighted by Crippen LogP contribution is 2.17. The van der Waals surface area contributed by atoms with Gasteiger partial charge in [0.15, 0.2) is 0 Å². The molecule has 10 heteroatoms. The summed E-state index contributed by atoms with van der Waals surface area (Å²) in [6, 6.07) is 4.82. The van der Waals surface area contributed by atoms with Crippen molar-refractivity contribution in [3.05, 3.63) is 23.8 Å². The van der Waals surface area contributed by atoms with Crippen molar-refractivity contribution in [2.45, 2.75) is 51.5 Å². The lowest BCUT2D eigenvalue weighted by Crippen LogP contribution is -2.50. The Hall–Kier alpha value is -1.91. The van der Waals surface area contributed by atoms with Gasteiger partial charge in [-0.05, 0) is 51.8 Å². The van der Waals surface area contributed by atoms with Crippen LogP contribution in [-0.2, 0) is 35.3 Å². The Bertz CT molecular complexity index is 859. The largest absolute Gasteiger partial charge is 0.637 e. The van der Waals surface area contributed by atoms with Crippen LogP contribution >= 0.6 is 0 Å². The summed E-state index contributed by atoms with van der Waals surface area (Å²) in [6.07, 6.45) is 0.692. The molecule has 0 aromatic heterocycles. The van der Waals surface area contributed by atoms with Gasteiger partial charge >= 0.3 is 19.1 Å². The Morgan fingerprint density at radius 1 is 1.14 bits per heavy atom. The first-order chi connectivity index (χ1) is 13.3. The summed E-state index contributed by atoms with van der Waals surface area (Å²) >= 11 is 0. The van der Waals surface area contributed by atoms with Crippen LogP contribution in [0.25, 0.3) is 0 Å². The number of hydrogen-bond donors (Lipinski definition) is 1. The molecule has 0 radical (unpaired) electrons. The quantitative estimate of drug-likeness (QED) is 0.694. The smallest absolute Gasteiger partial charge is 0.494 e. The zero-order chi connectivity index (χ0) is 22.0. The molecule has 1 N–H and O–H groups in total. The average Bonchev–Trinajstić information content (AvgIpc) is 2.49. The monoisotopic (exact) mass is 424 g/mol. The van der Waals surface area contributed by atoms with Crippen molar-refractivity contribution in [2.24, 2.45) is 5.92 Å². The highest BCUT2D eigenvalue weighted by molar-refractivity contribution is 7.89. The second-order valence-corrected chi connectivity index (χ2v) is 10.5. The molecule has 29 heavy (non-hydrogen) atoms. The zero-order valence-corrected chi connectivity index (χ0v) is 18.6. The SMILES string of the molecule is CC(C)Cc1ccc(S(=O)(=O)NC(C)(C)C)c(B2OC(=O)CN(C)CC(=O)O2)c1. The predicted molar refractivity (Wildman–Crippen MR) is 110 cm³/mol. The predicted octanol–water partition coefficient (Wildman–Crippen LogP) is 0.689. The number of carbonyl (C=O) groups is 2. The highest BCUT2D eigenvalue weighted by Gasteiger charge is 2.39. The summed E-state index contributed by atoms with van der Waals surface area (Å²) in [5.41, 5.74) is 0.270. The fourth-order valence-corrected chi connectivity index (χ4v) is 4.67. The topological polar surface area (TPSA) is 102 Å². The maximum absolute atomic E-state index is 13.0. The summed E-state index contributed by atoms with van der Waals surface area (Å²) in [6.45, 7) is 9.06. The molecule has 0 saturated carbocycles. The number of carbonyl (C=O) groups excluding carboxylic acids is 2. The normalized spacial score (nSPS) is 17.0. The van der Waals surface area contributed by atoms with Gasteiger partial charge in [0.25, 0.3) is 0 Å². The first-order valence-corrected chi connectivity index (χ1v) is 11.0. The molecule has 1 aromatic carbocycles. The van der Waals surface area contributed by atoms with Gasteiger partial charge in [0.2, 0.25) is 10.0 Å². The van der Waals surface area contributed by atoms with Gasteiger partial charge < -0.3 is 9.31 Å². The lowest BCUT2D eigenvalue weighted by molar-refractivity contribution is -0.145. The van der Waals surface area contributed by atoms with Crippen LogP contribution in [0.15, 0.2) is 23.1 Å². The van der Waals surface area contributed by atoms with Crippen LogP contribution < -0.4 is 10.2 Å². The van der Waals surface area contributed by atoms with Crippen molar-refractivity contribution in [3.63, 3.8) is 0 Å². The van der Waals surface area contributed by atoms with Crippen LogP contribution in [0.4, 0.5) is 0 Å². The standard InChI is InChI=1S/C19H29BN2O6S/c1-13(2)9-14-7-8-16(29(25,26)21-19(3,4)5)15(10-14)20-27-17(23)11-22(6)12-18(24)28-20/h7-8,10,13,21H,9,11-12H2,1-6H3. The second-order valence-electron chi connectivity index (χ2n) is 8.81. The highest BCUT2D eigenvalue weighted by atomic mass is 32.2. The Kier molecular flexibility index (Phi) is 7.13. The number of nitrogens with zero attached hydrogens (tertiary/aromatic N) is 1. The third-order valence-corrected chi connectivity index (χ3v) is 5.81. The van der Waals surface area contributed by atoms with E-state index in [0.717, 1.165) is 5.56 Å². The Morgan fingerprint density at radius 2 is 1.69 bits per heavy atom. The van der Waals surface area contributed by atoms with Crippen molar-refractivity contribution >= 4 is 34.5 Å². The number of nitrogens with one attached hydrogen (secondary N) is 1. The third kappa shape index (κ3) is 6.83. The molecule has 0 spiro atoms. The van der Waals surface area contributed by atoms with E-state index in [-0.39, 0.29) is 23.4 Å². The molecule has 8 nitrogen and oxygen atoms in total. The summed E-state index contributed by atoms with van der Waals surface area (Å²) in [4.78, 5) is 25.7. The van der Waals surface area contributed by atoms with Crippen LogP contribution in [0.2, 0.25) is 0 Å². The molecule has 1 aromatic rings. The molecule has 0 atom stereocenters. The van der Waals surface area contributed by atoms with Crippen molar-refractivity contribution in [1.29, 1.82) is 0 Å². The third-order valence-electron chi connectivity index (χ3n) is 3.98. The maximum Gasteiger partial charge on any atom is 0.637 e. The molecule has 2 rings (SSSR count). The van der Waals surface area contributed by atoms with E-state index in [1.165, 1.54) is 11.0 Å². The molecule has 0 amide bonds. The first kappa shape index (κ1) is 23.4. The van der Waals surface area contributed by atoms with Gasteiger partial charge in [-0.3, -0.25) is 14.5 Å². The number of sulfonamides is 1. The molecular formula is C19H29BN2O6S. The molecular weight excluding hydrogens is 395 g/mol. The van der Waals surface area contributed by atoms with Crippen LogP contribution in [0, 0.1) is 5.92 Å². The summed E-state index contributed by atoms with van der Waals surface area (Å²) < 4.78 is 39.3. The molecule has 1 heterocycles. The summed E-state index contributed by atoms with van der Waals surface area (Å²) in [7, 11) is -3.79. The molecule has 0 bridgehead atoms. The molecule has 1 fully saturated rings. The molecule has 0 unspecified atom stereocenters. The van der Waals surface area contributed by atoms with E-state index in [1.807, 2.05) is 13.8 Å². The van der Waals surface area contributed by atoms with E-state index >= 15 is 0 Å². The molecule has 1 aliphatic rings. The molecule has 0 aliphatic carbocycles. The van der Waals surface area contributed by atoms with Gasteiger partial charge in [-0.15, -0.1) is 0 Å². The van der Waals surface area contributed by atoms with E-state index in [9.17, 15) is 18.0 Å². The van der Waals surface area contributed by atoms with Gasteiger partial charge in [0, 0.05) is 11.0 Å². The number of hydrogen-bond acceptors (Lipinski definition) is 7. The zero-order valence-electron chi connectivity index (χ0n) is 17.8. The van der Waals surface area contributed by atoms with Crippen molar-refractivity contribution < 1.29 is 27.3 Å². The van der Waals surface area contributed by atoms with E-state index < -0.39 is 34.6 Å². The lowest BCUT2D eigenvalue weighted by Gasteiger charge is -2.25. The van der Waals surface area contributed by atoms with Gasteiger partial charge in [-0.25, -0.2) is 13.1 Å². The van der Waals surface area contributed by atoms with Gasteiger partial charge in [0.05, 0.1) is 18.0 Å². The fraction of sp³-hybridized carbons (Fsp3) is 0.579. The van der Waals surface area contributed by atoms with Crippen LogP contribution in [0.1, 0.15) is 40.2 Å². The van der Waals surface area contributed by atoms with E-state index in [1.54, 1.807) is 40.0 Å². The molecule has 1 aliphatic heterocycles. The van der Waals surface area contributed by atoms with Crippen molar-refractivity contribution in [3.8, 4) is 0 Å². The minimum absolute atomic E-state index is 0.0838. The number of benzene rings is 1. The second kappa shape index (κ2) is 8.85. The Balaban J connectivity index is 2.55. The minimum Gasteiger partial charge on any atom is -0.494 e. The lowest BCUT2D eigenvalue weighted by atomic mass is 9.77. The van der Waals surface area contributed by atoms with Crippen LogP contribution in [0.5, 0.6) is 0 Å². The average molecular weight is 424 g/mol. The van der Waals surface area contributed by atoms with E-state index in [2.05, 4.69) is 4.72 Å². The Morgan fingerprint density at radius 3 is 2.17 bits per heavy atom. The molecule has 160 valence electrons.